The van der Waals surface area contributed by atoms with E-state index in [2.05, 4.69) is 11.8 Å². The van der Waals surface area contributed by atoms with Crippen LogP contribution in [0.5, 0.6) is 0 Å². The molecule has 0 N–H and O–H groups in total. The highest BCUT2D eigenvalue weighted by molar-refractivity contribution is 8.00. The lowest BCUT2D eigenvalue weighted by atomic mass is 10.1. The van der Waals surface area contributed by atoms with Crippen molar-refractivity contribution in [3.8, 4) is 0 Å². The zero-order valence-corrected chi connectivity index (χ0v) is 19.7. The smallest absolute Gasteiger partial charge is 0.243 e. The maximum Gasteiger partial charge on any atom is 0.243 e. The molecule has 1 atom stereocenters. The van der Waals surface area contributed by atoms with Crippen LogP contribution < -0.4 is 9.80 Å². The van der Waals surface area contributed by atoms with Crippen LogP contribution in [0.25, 0.3) is 0 Å². The summed E-state index contributed by atoms with van der Waals surface area (Å²) in [6.07, 6.45) is 0.146. The van der Waals surface area contributed by atoms with E-state index in [9.17, 15) is 18.0 Å². The highest BCUT2D eigenvalue weighted by Gasteiger charge is 2.40. The van der Waals surface area contributed by atoms with E-state index in [4.69, 9.17) is 0 Å². The molecule has 7 nitrogen and oxygen atoms in total. The molecule has 0 aromatic heterocycles. The lowest BCUT2D eigenvalue weighted by Crippen LogP contribution is -2.48. The molecular weight excluding hydrogens is 446 g/mol. The number of nitrogens with zero attached hydrogens (tertiary/aromatic N) is 3. The van der Waals surface area contributed by atoms with E-state index in [-0.39, 0.29) is 28.3 Å². The van der Waals surface area contributed by atoms with Gasteiger partial charge in [0.15, 0.2) is 5.78 Å². The van der Waals surface area contributed by atoms with Crippen molar-refractivity contribution in [2.24, 2.45) is 0 Å². The van der Waals surface area contributed by atoms with Crippen LogP contribution in [0.15, 0.2) is 46.2 Å². The number of thioether (sulfide) groups is 1. The molecule has 1 amide bonds. The number of sulfonamides is 1. The summed E-state index contributed by atoms with van der Waals surface area (Å²) in [4.78, 5) is 29.2. The van der Waals surface area contributed by atoms with Gasteiger partial charge in [0, 0.05) is 59.7 Å². The Bertz CT molecular complexity index is 1200. The second-order valence-electron chi connectivity index (χ2n) is 8.49. The van der Waals surface area contributed by atoms with Gasteiger partial charge < -0.3 is 9.80 Å². The third-order valence-electron chi connectivity index (χ3n) is 6.37. The summed E-state index contributed by atoms with van der Waals surface area (Å²) in [7, 11) is -3.70. The molecule has 3 aliphatic rings. The van der Waals surface area contributed by atoms with Crippen molar-refractivity contribution < 1.29 is 18.0 Å². The van der Waals surface area contributed by atoms with Gasteiger partial charge in [0.2, 0.25) is 15.9 Å². The average Bonchev–Trinajstić information content (AvgIpc) is 3.10. The van der Waals surface area contributed by atoms with Crippen LogP contribution in [-0.4, -0.2) is 62.4 Å². The third kappa shape index (κ3) is 3.52. The van der Waals surface area contributed by atoms with E-state index in [0.29, 0.717) is 43.9 Å². The number of hydrogen-bond acceptors (Lipinski definition) is 6. The van der Waals surface area contributed by atoms with Crippen molar-refractivity contribution in [3.05, 3.63) is 47.5 Å². The minimum absolute atomic E-state index is 0.0186. The molecule has 0 radical (unpaired) electrons. The topological polar surface area (TPSA) is 78.0 Å². The van der Waals surface area contributed by atoms with Crippen LogP contribution in [0.1, 0.15) is 29.8 Å². The van der Waals surface area contributed by atoms with Gasteiger partial charge in [-0.2, -0.15) is 4.31 Å². The second kappa shape index (κ2) is 7.90. The lowest BCUT2D eigenvalue weighted by Gasteiger charge is -2.36. The largest absolute Gasteiger partial charge is 0.369 e. The molecular formula is C23H25N3O4S2. The van der Waals surface area contributed by atoms with Gasteiger partial charge >= 0.3 is 0 Å². The van der Waals surface area contributed by atoms with E-state index in [1.54, 1.807) is 34.9 Å². The molecule has 2 aromatic carbocycles. The Balaban J connectivity index is 1.37. The normalized spacial score (nSPS) is 21.1. The first-order valence-electron chi connectivity index (χ1n) is 10.7. The highest BCUT2D eigenvalue weighted by Crippen LogP contribution is 2.46. The van der Waals surface area contributed by atoms with Crippen LogP contribution >= 0.6 is 11.8 Å². The van der Waals surface area contributed by atoms with Crippen LogP contribution in [0.2, 0.25) is 0 Å². The SMILES string of the molecule is CC(=O)c1ccc(N2CCN(S(=O)(=O)c3ccc4c5c3CC(=O)N5C[C@H](C)S4)CC2)cc1. The fourth-order valence-electron chi connectivity index (χ4n) is 4.71. The Morgan fingerprint density at radius 3 is 2.38 bits per heavy atom. The summed E-state index contributed by atoms with van der Waals surface area (Å²) in [5, 5.41) is 0.289. The highest BCUT2D eigenvalue weighted by atomic mass is 32.2. The van der Waals surface area contributed by atoms with Crippen molar-refractivity contribution in [1.82, 2.24) is 4.31 Å². The van der Waals surface area contributed by atoms with Crippen LogP contribution in [-0.2, 0) is 21.2 Å². The quantitative estimate of drug-likeness (QED) is 0.638. The number of piperazine rings is 1. The van der Waals surface area contributed by atoms with Crippen molar-refractivity contribution in [3.63, 3.8) is 0 Å². The van der Waals surface area contributed by atoms with Crippen LogP contribution in [0.3, 0.4) is 0 Å². The summed E-state index contributed by atoms with van der Waals surface area (Å²) in [6.45, 7) is 6.11. The van der Waals surface area contributed by atoms with Crippen molar-refractivity contribution in [1.29, 1.82) is 0 Å². The van der Waals surface area contributed by atoms with E-state index in [1.807, 2.05) is 18.2 Å². The lowest BCUT2D eigenvalue weighted by molar-refractivity contribution is -0.117. The molecule has 9 heteroatoms. The van der Waals surface area contributed by atoms with Gasteiger partial charge in [-0.05, 0) is 43.3 Å². The number of anilines is 2. The fraction of sp³-hybridized carbons (Fsp3) is 0.391. The van der Waals surface area contributed by atoms with Crippen LogP contribution in [0, 0.1) is 0 Å². The minimum Gasteiger partial charge on any atom is -0.369 e. The molecule has 0 bridgehead atoms. The van der Waals surface area contributed by atoms with Gasteiger partial charge in [-0.25, -0.2) is 8.42 Å². The first-order chi connectivity index (χ1) is 15.3. The summed E-state index contributed by atoms with van der Waals surface area (Å²) in [6, 6.07) is 10.9. The summed E-state index contributed by atoms with van der Waals surface area (Å²) in [5.41, 5.74) is 3.08. The number of Topliss-reactive ketones (excluding diaryl/α,β-unsaturated/α-hetero) is 1. The molecule has 1 saturated heterocycles. The fourth-order valence-corrected chi connectivity index (χ4v) is 7.50. The van der Waals surface area contributed by atoms with E-state index in [0.717, 1.165) is 16.3 Å². The van der Waals surface area contributed by atoms with Crippen molar-refractivity contribution in [2.75, 3.05) is 42.5 Å². The predicted molar refractivity (Wildman–Crippen MR) is 125 cm³/mol. The van der Waals surface area contributed by atoms with Gasteiger partial charge in [-0.1, -0.05) is 6.92 Å². The molecule has 0 unspecified atom stereocenters. The third-order valence-corrected chi connectivity index (χ3v) is 9.48. The maximum absolute atomic E-state index is 13.5. The summed E-state index contributed by atoms with van der Waals surface area (Å²) >= 11 is 1.70. The number of carbonyl (C=O) groups is 2. The summed E-state index contributed by atoms with van der Waals surface area (Å²) in [5.74, 6) is 0.00505. The van der Waals surface area contributed by atoms with E-state index < -0.39 is 10.0 Å². The second-order valence-corrected chi connectivity index (χ2v) is 11.9. The van der Waals surface area contributed by atoms with Crippen LogP contribution in [0.4, 0.5) is 11.4 Å². The number of rotatable bonds is 4. The van der Waals surface area contributed by atoms with Gasteiger partial charge in [-0.3, -0.25) is 9.59 Å². The zero-order chi connectivity index (χ0) is 22.6. The molecule has 168 valence electrons. The van der Waals surface area contributed by atoms with Gasteiger partial charge in [0.25, 0.3) is 0 Å². The Kier molecular flexibility index (Phi) is 5.30. The molecule has 3 aliphatic heterocycles. The molecule has 5 rings (SSSR count). The minimum atomic E-state index is -3.70. The van der Waals surface area contributed by atoms with E-state index in [1.165, 1.54) is 11.2 Å². The Labute approximate surface area is 192 Å². The number of ketones is 1. The molecule has 0 spiro atoms. The van der Waals surface area contributed by atoms with Crippen molar-refractivity contribution >= 4 is 44.9 Å². The Morgan fingerprint density at radius 2 is 1.72 bits per heavy atom. The molecule has 3 heterocycles. The monoisotopic (exact) mass is 471 g/mol. The van der Waals surface area contributed by atoms with E-state index >= 15 is 0 Å². The first-order valence-corrected chi connectivity index (χ1v) is 13.1. The molecule has 0 aliphatic carbocycles. The molecule has 1 fully saturated rings. The Morgan fingerprint density at radius 1 is 1.03 bits per heavy atom. The predicted octanol–water partition coefficient (Wildman–Crippen LogP) is 2.78. The number of hydrogen-bond donors (Lipinski definition) is 0. The standard InChI is InChI=1S/C23H25N3O4S2/c1-15-14-26-22(28)13-19-21(8-7-20(31-15)23(19)26)32(29,30)25-11-9-24(10-12-25)18-5-3-17(4-6-18)16(2)27/h3-8,15H,9-14H2,1-2H3/t15-/m0/s1. The molecule has 32 heavy (non-hydrogen) atoms. The molecule has 0 saturated carbocycles. The van der Waals surface area contributed by atoms with Gasteiger partial charge in [0.05, 0.1) is 17.0 Å². The maximum atomic E-state index is 13.5. The molecule has 2 aromatic rings. The van der Waals surface area contributed by atoms with Gasteiger partial charge in [0.1, 0.15) is 0 Å². The Hall–Kier alpha value is -2.36. The summed E-state index contributed by atoms with van der Waals surface area (Å²) < 4.78 is 28.6. The first kappa shape index (κ1) is 21.5. The average molecular weight is 472 g/mol. The number of amides is 1. The van der Waals surface area contributed by atoms with Crippen molar-refractivity contribution in [2.45, 2.75) is 35.3 Å². The number of carbonyl (C=O) groups excluding carboxylic acids is 2. The number of benzene rings is 2. The zero-order valence-electron chi connectivity index (χ0n) is 18.1. The van der Waals surface area contributed by atoms with Gasteiger partial charge in [-0.15, -0.1) is 11.8 Å².